The van der Waals surface area contributed by atoms with Crippen LogP contribution >= 0.6 is 0 Å². The first kappa shape index (κ1) is 37.1. The summed E-state index contributed by atoms with van der Waals surface area (Å²) in [7, 11) is 5.15. The lowest BCUT2D eigenvalue weighted by atomic mass is 9.52. The van der Waals surface area contributed by atoms with Gasteiger partial charge in [0.15, 0.2) is 5.60 Å². The van der Waals surface area contributed by atoms with Crippen molar-refractivity contribution in [2.45, 2.75) is 78.7 Å². The number of rotatable bonds is 6. The minimum absolute atomic E-state index is 0.132. The molecule has 0 bridgehead atoms. The maximum absolute atomic E-state index is 7.85. The van der Waals surface area contributed by atoms with Crippen molar-refractivity contribution >= 4 is 16.8 Å². The molecule has 0 N–H and O–H groups in total. The predicted molar refractivity (Wildman–Crippen MR) is 234 cm³/mol. The lowest BCUT2D eigenvalue weighted by Crippen LogP contribution is -2.44. The Balaban J connectivity index is 1.41. The number of aryl methyl sites for hydroxylation is 3. The third-order valence-electron chi connectivity index (χ3n) is 13.1. The molecule has 0 atom stereocenters. The summed E-state index contributed by atoms with van der Waals surface area (Å²) in [6.45, 7) is 16.6. The van der Waals surface area contributed by atoms with E-state index in [-0.39, 0.29) is 16.2 Å². The van der Waals surface area contributed by atoms with Gasteiger partial charge in [-0.2, -0.15) is 0 Å². The van der Waals surface area contributed by atoms with Gasteiger partial charge in [-0.25, -0.2) is 0 Å². The maximum Gasteiger partial charge on any atom is 0.178 e. The third kappa shape index (κ3) is 5.77. The zero-order chi connectivity index (χ0) is 40.1. The van der Waals surface area contributed by atoms with Gasteiger partial charge in [0.25, 0.3) is 0 Å². The van der Waals surface area contributed by atoms with Crippen LogP contribution in [0.15, 0.2) is 103 Å². The quantitative estimate of drug-likeness (QED) is 0.170. The minimum Gasteiger partial charge on any atom is -0.497 e. The Bertz CT molecular complexity index is 2540. The zero-order valence-electron chi connectivity index (χ0n) is 35.1. The Kier molecular flexibility index (Phi) is 8.48. The number of fused-ring (bicyclic) bond motifs is 10. The number of ether oxygens (including phenoxy) is 4. The fraction of sp³-hybridized carbons (Fsp3) is 0.321. The number of methoxy groups -OCH3 is 3. The molecule has 0 radical (unpaired) electrons. The average Bonchev–Trinajstić information content (AvgIpc) is 3.43. The number of hydrogen-bond acceptors (Lipinski definition) is 4. The monoisotopic (exact) mass is 754 g/mol. The van der Waals surface area contributed by atoms with Crippen LogP contribution in [0.2, 0.25) is 0 Å². The van der Waals surface area contributed by atoms with Crippen molar-refractivity contribution in [1.29, 1.82) is 0 Å². The van der Waals surface area contributed by atoms with E-state index in [1.165, 1.54) is 67.4 Å². The molecule has 6 aromatic carbocycles. The van der Waals surface area contributed by atoms with Crippen molar-refractivity contribution in [3.05, 3.63) is 148 Å². The smallest absolute Gasteiger partial charge is 0.178 e. The Labute approximate surface area is 338 Å². The highest BCUT2D eigenvalue weighted by Crippen LogP contribution is 2.67. The largest absolute Gasteiger partial charge is 0.497 e. The normalized spacial score (nSPS) is 17.7. The van der Waals surface area contributed by atoms with E-state index in [9.17, 15) is 0 Å². The van der Waals surface area contributed by atoms with Crippen molar-refractivity contribution in [2.24, 2.45) is 10.8 Å². The molecule has 9 rings (SSSR count). The van der Waals surface area contributed by atoms with Crippen LogP contribution in [-0.4, -0.2) is 21.3 Å². The van der Waals surface area contributed by atoms with E-state index < -0.39 is 5.60 Å². The van der Waals surface area contributed by atoms with E-state index in [0.29, 0.717) is 0 Å². The first-order chi connectivity index (χ1) is 27.2. The van der Waals surface area contributed by atoms with Crippen molar-refractivity contribution in [2.75, 3.05) is 21.3 Å². The van der Waals surface area contributed by atoms with E-state index in [0.717, 1.165) is 52.4 Å². The van der Waals surface area contributed by atoms with Gasteiger partial charge in [-0.15, -0.1) is 0 Å². The molecule has 0 aromatic heterocycles. The van der Waals surface area contributed by atoms with Crippen molar-refractivity contribution < 1.29 is 18.9 Å². The SMILES string of the molecule is COc1ccc(C2(c3ccc(OC)cc3)C=Cc3c4c(c5cc(C)c(-c6ccc(OC)cc6C)cc5c3O2)-c2ccc(C)cc2C42CC(C)(C)CC(C)(C)C2)cc1. The van der Waals surface area contributed by atoms with Gasteiger partial charge in [-0.3, -0.25) is 0 Å². The lowest BCUT2D eigenvalue weighted by molar-refractivity contribution is 0.0641. The van der Waals surface area contributed by atoms with Crippen molar-refractivity contribution in [3.8, 4) is 45.3 Å². The molecule has 4 nitrogen and oxygen atoms in total. The van der Waals surface area contributed by atoms with Gasteiger partial charge in [-0.05, 0) is 149 Å². The summed E-state index contributed by atoms with van der Waals surface area (Å²) in [5.74, 6) is 3.40. The highest BCUT2D eigenvalue weighted by Gasteiger charge is 2.55. The molecule has 1 aliphatic heterocycles. The summed E-state index contributed by atoms with van der Waals surface area (Å²) in [6.07, 6.45) is 8.03. The van der Waals surface area contributed by atoms with Gasteiger partial charge >= 0.3 is 0 Å². The summed E-state index contributed by atoms with van der Waals surface area (Å²) in [4.78, 5) is 0. The molecule has 0 unspecified atom stereocenters. The van der Waals surface area contributed by atoms with E-state index in [1.54, 1.807) is 21.3 Å². The van der Waals surface area contributed by atoms with Crippen LogP contribution in [0.4, 0.5) is 0 Å². The Morgan fingerprint density at radius 1 is 0.544 bits per heavy atom. The Hall–Kier alpha value is -5.48. The van der Waals surface area contributed by atoms with E-state index in [1.807, 2.05) is 24.3 Å². The number of hydrogen-bond donors (Lipinski definition) is 0. The Morgan fingerprint density at radius 2 is 1.11 bits per heavy atom. The maximum atomic E-state index is 7.85. The molecule has 1 heterocycles. The molecule has 1 fully saturated rings. The molecule has 6 aromatic rings. The molecule has 4 heteroatoms. The number of benzene rings is 6. The van der Waals surface area contributed by atoms with E-state index in [2.05, 4.69) is 133 Å². The first-order valence-corrected chi connectivity index (χ1v) is 20.3. The standard InChI is InChI=1S/C53H54O4/c1-32-11-21-41-46(25-32)52(30-50(4,5)29-51(6,7)31-52)48-42-23-24-53(35-12-16-37(54-8)17-13-35,36-14-18-38(55-9)19-15-36)57-49(42)45-28-43(34(3)27-44(45)47(41)48)40-22-20-39(56-10)26-33(40)2/h11-28H,29-31H2,1-10H3. The van der Waals surface area contributed by atoms with Crippen LogP contribution < -0.4 is 18.9 Å². The molecule has 57 heavy (non-hydrogen) atoms. The predicted octanol–water partition coefficient (Wildman–Crippen LogP) is 13.3. The van der Waals surface area contributed by atoms with Crippen LogP contribution in [0.25, 0.3) is 39.1 Å². The highest BCUT2D eigenvalue weighted by atomic mass is 16.5. The second-order valence-corrected chi connectivity index (χ2v) is 18.5. The van der Waals surface area contributed by atoms with Crippen LogP contribution in [0.5, 0.6) is 23.0 Å². The molecule has 1 spiro atoms. The highest BCUT2D eigenvalue weighted by molar-refractivity contribution is 6.10. The van der Waals surface area contributed by atoms with E-state index >= 15 is 0 Å². The third-order valence-corrected chi connectivity index (χ3v) is 13.1. The fourth-order valence-corrected chi connectivity index (χ4v) is 11.5. The van der Waals surface area contributed by atoms with Gasteiger partial charge in [0.2, 0.25) is 0 Å². The van der Waals surface area contributed by atoms with Crippen molar-refractivity contribution in [1.82, 2.24) is 0 Å². The summed E-state index contributed by atoms with van der Waals surface area (Å²) >= 11 is 0. The summed E-state index contributed by atoms with van der Waals surface area (Å²) in [6, 6.07) is 35.1. The Morgan fingerprint density at radius 3 is 1.68 bits per heavy atom. The molecule has 1 saturated carbocycles. The fourth-order valence-electron chi connectivity index (χ4n) is 11.5. The summed E-state index contributed by atoms with van der Waals surface area (Å²) in [5, 5.41) is 2.36. The zero-order valence-corrected chi connectivity index (χ0v) is 35.1. The molecular weight excluding hydrogens is 701 g/mol. The van der Waals surface area contributed by atoms with Crippen molar-refractivity contribution in [3.63, 3.8) is 0 Å². The molecule has 3 aliphatic rings. The van der Waals surface area contributed by atoms with Crippen LogP contribution in [0, 0.1) is 31.6 Å². The molecular formula is C53H54O4. The summed E-state index contributed by atoms with van der Waals surface area (Å²) in [5.41, 5.74) is 14.1. The lowest BCUT2D eigenvalue weighted by Gasteiger charge is -2.52. The molecule has 2 aliphatic carbocycles. The van der Waals surface area contributed by atoms with Crippen LogP contribution in [0.3, 0.4) is 0 Å². The first-order valence-electron chi connectivity index (χ1n) is 20.3. The van der Waals surface area contributed by atoms with Gasteiger partial charge in [0, 0.05) is 27.5 Å². The van der Waals surface area contributed by atoms with Crippen LogP contribution in [0.1, 0.15) is 91.5 Å². The molecule has 0 saturated heterocycles. The second-order valence-electron chi connectivity index (χ2n) is 18.5. The molecule has 290 valence electrons. The van der Waals surface area contributed by atoms with Gasteiger partial charge in [0.05, 0.1) is 21.3 Å². The van der Waals surface area contributed by atoms with Gasteiger partial charge in [0.1, 0.15) is 23.0 Å². The topological polar surface area (TPSA) is 36.9 Å². The summed E-state index contributed by atoms with van der Waals surface area (Å²) < 4.78 is 24.7. The average molecular weight is 755 g/mol. The second kappa shape index (κ2) is 13.0. The van der Waals surface area contributed by atoms with Gasteiger partial charge < -0.3 is 18.9 Å². The van der Waals surface area contributed by atoms with Gasteiger partial charge in [-0.1, -0.05) is 93.9 Å². The molecule has 0 amide bonds. The van der Waals surface area contributed by atoms with Crippen LogP contribution in [-0.2, 0) is 11.0 Å². The van der Waals surface area contributed by atoms with E-state index in [4.69, 9.17) is 18.9 Å². The minimum atomic E-state index is -0.923.